The number of nitrogen functional groups attached to an aromatic ring is 1. The van der Waals surface area contributed by atoms with Gasteiger partial charge in [0.1, 0.15) is 0 Å². The molecule has 3 N–H and O–H groups in total. The zero-order valence-corrected chi connectivity index (χ0v) is 27.8. The molecule has 11 rings (SSSR count). The summed E-state index contributed by atoms with van der Waals surface area (Å²) in [4.78, 5) is 0. The molecule has 0 aliphatic heterocycles. The highest BCUT2D eigenvalue weighted by Crippen LogP contribution is 2.67. The minimum absolute atomic E-state index is 0.498. The maximum Gasteiger partial charge on any atom is 0.0737 e. The Kier molecular flexibility index (Phi) is 5.77. The third-order valence-corrected chi connectivity index (χ3v) is 11.4. The lowest BCUT2D eigenvalue weighted by Crippen LogP contribution is -2.26. The van der Waals surface area contributed by atoms with Gasteiger partial charge in [-0.3, -0.25) is 0 Å². The van der Waals surface area contributed by atoms with Gasteiger partial charge in [-0.2, -0.15) is 0 Å². The van der Waals surface area contributed by atoms with Crippen molar-refractivity contribution in [3.05, 3.63) is 198 Å². The second kappa shape index (κ2) is 10.4. The predicted octanol–water partition coefficient (Wildman–Crippen LogP) is 12.5. The molecule has 0 bridgehead atoms. The van der Waals surface area contributed by atoms with Gasteiger partial charge in [-0.1, -0.05) is 146 Å². The maximum atomic E-state index is 6.81. The van der Waals surface area contributed by atoms with E-state index in [9.17, 15) is 0 Å². The molecule has 9 aromatic carbocycles. The highest BCUT2D eigenvalue weighted by atomic mass is 14.9. The SMILES string of the molecule is Nc1cc(-c2cc3c(c4ccccc24)C2(c4ccccc4-c4ccccc42)c2c-3c3ccccc3c3ccccc23)ccc1Nc1ccccc1. The summed E-state index contributed by atoms with van der Waals surface area (Å²) < 4.78 is 0. The van der Waals surface area contributed by atoms with E-state index < -0.39 is 5.41 Å². The van der Waals surface area contributed by atoms with Gasteiger partial charge >= 0.3 is 0 Å². The normalized spacial score (nSPS) is 13.3. The van der Waals surface area contributed by atoms with Gasteiger partial charge in [0.05, 0.1) is 16.8 Å². The van der Waals surface area contributed by atoms with Crippen LogP contribution in [0.4, 0.5) is 17.1 Å². The minimum Gasteiger partial charge on any atom is -0.397 e. The summed E-state index contributed by atoms with van der Waals surface area (Å²) in [5, 5.41) is 11.2. The average Bonchev–Trinajstić information content (AvgIpc) is 3.67. The average molecular weight is 649 g/mol. The van der Waals surface area contributed by atoms with Crippen molar-refractivity contribution in [2.75, 3.05) is 11.1 Å². The molecule has 2 aliphatic carbocycles. The van der Waals surface area contributed by atoms with E-state index >= 15 is 0 Å². The van der Waals surface area contributed by atoms with Gasteiger partial charge in [0.15, 0.2) is 0 Å². The quantitative estimate of drug-likeness (QED) is 0.148. The molecular weight excluding hydrogens is 617 g/mol. The van der Waals surface area contributed by atoms with E-state index in [1.54, 1.807) is 0 Å². The van der Waals surface area contributed by atoms with Gasteiger partial charge in [0.2, 0.25) is 0 Å². The van der Waals surface area contributed by atoms with E-state index in [1.165, 1.54) is 82.4 Å². The third-order valence-electron chi connectivity index (χ3n) is 11.4. The molecule has 51 heavy (non-hydrogen) atoms. The Morgan fingerprint density at radius 3 is 1.59 bits per heavy atom. The Balaban J connectivity index is 1.30. The van der Waals surface area contributed by atoms with E-state index in [1.807, 2.05) is 18.2 Å². The summed E-state index contributed by atoms with van der Waals surface area (Å²) in [5.74, 6) is 0. The van der Waals surface area contributed by atoms with Crippen LogP contribution in [0.5, 0.6) is 0 Å². The second-order valence-electron chi connectivity index (χ2n) is 13.9. The van der Waals surface area contributed by atoms with Crippen molar-refractivity contribution < 1.29 is 0 Å². The number of para-hydroxylation sites is 1. The van der Waals surface area contributed by atoms with E-state index in [-0.39, 0.29) is 0 Å². The molecule has 0 aromatic heterocycles. The van der Waals surface area contributed by atoms with Crippen LogP contribution >= 0.6 is 0 Å². The third kappa shape index (κ3) is 3.71. The van der Waals surface area contributed by atoms with Gasteiger partial charge in [-0.25, -0.2) is 0 Å². The molecule has 2 nitrogen and oxygen atoms in total. The molecule has 0 unspecified atom stereocenters. The smallest absolute Gasteiger partial charge is 0.0737 e. The molecule has 0 heterocycles. The number of nitrogens with two attached hydrogens (primary N) is 1. The first-order valence-electron chi connectivity index (χ1n) is 17.7. The molecule has 0 fully saturated rings. The summed E-state index contributed by atoms with van der Waals surface area (Å²) in [5.41, 5.74) is 21.9. The number of fused-ring (bicyclic) bond motifs is 17. The van der Waals surface area contributed by atoms with Crippen LogP contribution in [0.3, 0.4) is 0 Å². The molecule has 0 radical (unpaired) electrons. The molecule has 9 aromatic rings. The van der Waals surface area contributed by atoms with Crippen LogP contribution in [-0.4, -0.2) is 0 Å². The zero-order chi connectivity index (χ0) is 33.7. The largest absolute Gasteiger partial charge is 0.397 e. The summed E-state index contributed by atoms with van der Waals surface area (Å²) in [6.07, 6.45) is 0. The van der Waals surface area contributed by atoms with Crippen molar-refractivity contribution in [1.29, 1.82) is 0 Å². The fourth-order valence-corrected chi connectivity index (χ4v) is 9.45. The fourth-order valence-electron chi connectivity index (χ4n) is 9.45. The van der Waals surface area contributed by atoms with Crippen LogP contribution < -0.4 is 11.1 Å². The molecule has 238 valence electrons. The topological polar surface area (TPSA) is 38.0 Å². The van der Waals surface area contributed by atoms with Gasteiger partial charge in [0.25, 0.3) is 0 Å². The van der Waals surface area contributed by atoms with Gasteiger partial charge in [-0.15, -0.1) is 0 Å². The summed E-state index contributed by atoms with van der Waals surface area (Å²) in [6.45, 7) is 0. The lowest BCUT2D eigenvalue weighted by molar-refractivity contribution is 0.809. The second-order valence-corrected chi connectivity index (χ2v) is 13.9. The van der Waals surface area contributed by atoms with Crippen molar-refractivity contribution in [2.24, 2.45) is 0 Å². The van der Waals surface area contributed by atoms with Crippen molar-refractivity contribution >= 4 is 49.4 Å². The molecule has 2 aliphatic rings. The van der Waals surface area contributed by atoms with Crippen LogP contribution in [0.15, 0.2) is 176 Å². The van der Waals surface area contributed by atoms with Crippen LogP contribution in [0.2, 0.25) is 0 Å². The first kappa shape index (κ1) is 28.2. The number of anilines is 3. The lowest BCUT2D eigenvalue weighted by Gasteiger charge is -2.33. The van der Waals surface area contributed by atoms with Gasteiger partial charge in [-0.05, 0) is 118 Å². The Morgan fingerprint density at radius 1 is 0.392 bits per heavy atom. The molecular formula is C49H32N2. The molecule has 0 atom stereocenters. The molecule has 2 heteroatoms. The summed E-state index contributed by atoms with van der Waals surface area (Å²) >= 11 is 0. The van der Waals surface area contributed by atoms with Crippen molar-refractivity contribution in [3.8, 4) is 33.4 Å². The van der Waals surface area contributed by atoms with Crippen LogP contribution in [0, 0.1) is 0 Å². The number of nitrogens with one attached hydrogen (secondary N) is 1. The Labute approximate surface area is 296 Å². The number of hydrogen-bond donors (Lipinski definition) is 2. The van der Waals surface area contributed by atoms with E-state index in [0.29, 0.717) is 5.69 Å². The lowest BCUT2D eigenvalue weighted by atomic mass is 9.68. The highest BCUT2D eigenvalue weighted by molar-refractivity contribution is 6.22. The first-order chi connectivity index (χ1) is 25.2. The van der Waals surface area contributed by atoms with Crippen LogP contribution in [0.25, 0.3) is 65.7 Å². The maximum absolute atomic E-state index is 6.81. The zero-order valence-electron chi connectivity index (χ0n) is 27.8. The fraction of sp³-hybridized carbons (Fsp3) is 0.0204. The Bertz CT molecular complexity index is 2860. The van der Waals surface area contributed by atoms with Crippen molar-refractivity contribution in [1.82, 2.24) is 0 Å². The number of benzene rings is 9. The van der Waals surface area contributed by atoms with E-state index in [0.717, 1.165) is 16.9 Å². The number of rotatable bonds is 3. The van der Waals surface area contributed by atoms with Crippen LogP contribution in [-0.2, 0) is 5.41 Å². The van der Waals surface area contributed by atoms with Crippen molar-refractivity contribution in [2.45, 2.75) is 5.41 Å². The van der Waals surface area contributed by atoms with Gasteiger partial charge < -0.3 is 11.1 Å². The highest BCUT2D eigenvalue weighted by Gasteiger charge is 2.54. The molecule has 0 saturated carbocycles. The monoisotopic (exact) mass is 648 g/mol. The van der Waals surface area contributed by atoms with Gasteiger partial charge in [0, 0.05) is 5.69 Å². The number of hydrogen-bond acceptors (Lipinski definition) is 2. The predicted molar refractivity (Wildman–Crippen MR) is 215 cm³/mol. The summed E-state index contributed by atoms with van der Waals surface area (Å²) in [6, 6.07) is 64.3. The van der Waals surface area contributed by atoms with E-state index in [4.69, 9.17) is 5.73 Å². The molecule has 1 spiro atoms. The standard InChI is InChI=1S/C49H32N2/c50-44-28-30(26-27-45(44)51-31-14-2-1-3-15-31)40-29-41-46-37-21-7-4-16-32(37)33-17-5-9-23-39(33)48(46)49(47(41)38-22-8-6-18-34(38)40)42-24-12-10-19-35(42)36-20-11-13-25-43(36)49/h1-29,51H,50H2. The summed E-state index contributed by atoms with van der Waals surface area (Å²) in [7, 11) is 0. The minimum atomic E-state index is -0.498. The Morgan fingerprint density at radius 2 is 0.922 bits per heavy atom. The van der Waals surface area contributed by atoms with Crippen LogP contribution in [0.1, 0.15) is 22.3 Å². The van der Waals surface area contributed by atoms with Crippen molar-refractivity contribution in [3.63, 3.8) is 0 Å². The molecule has 0 amide bonds. The van der Waals surface area contributed by atoms with E-state index in [2.05, 4.69) is 163 Å². The molecule has 0 saturated heterocycles. The Hall–Kier alpha value is -6.64. The first-order valence-corrected chi connectivity index (χ1v) is 17.7.